The Morgan fingerprint density at radius 1 is 1.48 bits per heavy atom. The summed E-state index contributed by atoms with van der Waals surface area (Å²) in [5, 5.41) is 9.42. The summed E-state index contributed by atoms with van der Waals surface area (Å²) in [5.74, 6) is -0.248. The van der Waals surface area contributed by atoms with Crippen LogP contribution in [0.25, 0.3) is 0 Å². The topological polar surface area (TPSA) is 68.2 Å². The molecule has 1 amide bonds. The van der Waals surface area contributed by atoms with Gasteiger partial charge in [-0.05, 0) is 25.9 Å². The lowest BCUT2D eigenvalue weighted by atomic mass is 9.78. The van der Waals surface area contributed by atoms with Crippen LogP contribution in [0, 0.1) is 5.41 Å². The molecule has 1 aliphatic heterocycles. The van der Waals surface area contributed by atoms with E-state index in [-0.39, 0.29) is 30.6 Å². The Kier molecular flexibility index (Phi) is 6.84. The number of piperidine rings is 1. The zero-order valence-electron chi connectivity index (χ0n) is 12.7. The number of nitrogens with one attached hydrogen (secondary N) is 2. The van der Waals surface area contributed by atoms with Gasteiger partial charge in [0.1, 0.15) is 6.54 Å². The minimum Gasteiger partial charge on any atom is -0.384 e. The Morgan fingerprint density at radius 2 is 2.13 bits per heavy atom. The van der Waals surface area contributed by atoms with Crippen molar-refractivity contribution in [2.45, 2.75) is 25.6 Å². The summed E-state index contributed by atoms with van der Waals surface area (Å²) in [5.41, 5.74) is -0.408. The van der Waals surface area contributed by atoms with E-state index >= 15 is 0 Å². The Bertz CT molecular complexity index is 510. The van der Waals surface area contributed by atoms with E-state index in [4.69, 9.17) is 4.74 Å². The summed E-state index contributed by atoms with van der Waals surface area (Å²) in [6.07, 6.45) is -0.732. The Balaban J connectivity index is 0.00000264. The number of nitrogens with zero attached hydrogens (tertiary/aromatic N) is 2. The van der Waals surface area contributed by atoms with E-state index in [9.17, 15) is 18.0 Å². The summed E-state index contributed by atoms with van der Waals surface area (Å²) in [6, 6.07) is 0. The molecule has 2 heterocycles. The second-order valence-corrected chi connectivity index (χ2v) is 5.46. The molecule has 23 heavy (non-hydrogen) atoms. The van der Waals surface area contributed by atoms with E-state index in [0.717, 1.165) is 4.68 Å². The zero-order chi connectivity index (χ0) is 16.2. The van der Waals surface area contributed by atoms with Gasteiger partial charge in [0.15, 0.2) is 0 Å². The molecule has 1 fully saturated rings. The van der Waals surface area contributed by atoms with Gasteiger partial charge in [0.2, 0.25) is 5.91 Å². The fourth-order valence-electron chi connectivity index (χ4n) is 2.58. The molecule has 0 unspecified atom stereocenters. The molecule has 10 heteroatoms. The molecule has 2 N–H and O–H groups in total. The monoisotopic (exact) mass is 356 g/mol. The number of halogens is 4. The number of hydrogen-bond acceptors (Lipinski definition) is 4. The van der Waals surface area contributed by atoms with Gasteiger partial charge in [-0.2, -0.15) is 18.3 Å². The number of amides is 1. The highest BCUT2D eigenvalue weighted by Gasteiger charge is 2.39. The Morgan fingerprint density at radius 3 is 2.70 bits per heavy atom. The number of hydrogen-bond donors (Lipinski definition) is 2. The fourth-order valence-corrected chi connectivity index (χ4v) is 2.58. The van der Waals surface area contributed by atoms with Crippen molar-refractivity contribution >= 4 is 24.0 Å². The molecule has 6 nitrogen and oxygen atoms in total. The average molecular weight is 357 g/mol. The number of aromatic nitrogens is 2. The maximum absolute atomic E-state index is 12.5. The molecule has 132 valence electrons. The van der Waals surface area contributed by atoms with Gasteiger partial charge in [-0.25, -0.2) is 0 Å². The minimum atomic E-state index is -4.35. The standard InChI is InChI=1S/C13H19F3N4O2.ClH/c1-22-9-12(2-4-17-5-3-12)11(21)19-10-6-18-20(7-10)8-13(14,15)16;/h6-7,17H,2-5,8-9H2,1H3,(H,19,21);1H. The fraction of sp³-hybridized carbons (Fsp3) is 0.692. The lowest BCUT2D eigenvalue weighted by molar-refractivity contribution is -0.142. The molecular weight excluding hydrogens is 337 g/mol. The van der Waals surface area contributed by atoms with Crippen molar-refractivity contribution < 1.29 is 22.7 Å². The molecule has 0 aromatic carbocycles. The SMILES string of the molecule is COCC1(C(=O)Nc2cnn(CC(F)(F)F)c2)CCNCC1.Cl. The van der Waals surface area contributed by atoms with Crippen LogP contribution in [0.5, 0.6) is 0 Å². The summed E-state index contributed by atoms with van der Waals surface area (Å²) in [6.45, 7) is 0.488. The highest BCUT2D eigenvalue weighted by molar-refractivity contribution is 5.95. The number of methoxy groups -OCH3 is 1. The van der Waals surface area contributed by atoms with Crippen LogP contribution in [-0.2, 0) is 16.1 Å². The Labute approximate surface area is 138 Å². The number of rotatable bonds is 5. The lowest BCUT2D eigenvalue weighted by Crippen LogP contribution is -2.47. The summed E-state index contributed by atoms with van der Waals surface area (Å²) >= 11 is 0. The van der Waals surface area contributed by atoms with Gasteiger partial charge in [-0.1, -0.05) is 0 Å². The number of ether oxygens (including phenoxy) is 1. The molecular formula is C13H20ClF3N4O2. The second kappa shape index (κ2) is 7.98. The van der Waals surface area contributed by atoms with Crippen molar-refractivity contribution in [3.05, 3.63) is 12.4 Å². The molecule has 1 aromatic rings. The third kappa shape index (κ3) is 5.36. The first-order valence-electron chi connectivity index (χ1n) is 6.95. The van der Waals surface area contributed by atoms with Gasteiger partial charge < -0.3 is 15.4 Å². The van der Waals surface area contributed by atoms with Gasteiger partial charge in [-0.15, -0.1) is 12.4 Å². The van der Waals surface area contributed by atoms with Crippen molar-refractivity contribution in [3.8, 4) is 0 Å². The minimum absolute atomic E-state index is 0. The van der Waals surface area contributed by atoms with Crippen molar-refractivity contribution in [1.82, 2.24) is 15.1 Å². The van der Waals surface area contributed by atoms with E-state index < -0.39 is 18.1 Å². The first-order chi connectivity index (χ1) is 10.3. The van der Waals surface area contributed by atoms with Crippen LogP contribution in [0.2, 0.25) is 0 Å². The number of alkyl halides is 3. The van der Waals surface area contributed by atoms with Crippen molar-refractivity contribution in [3.63, 3.8) is 0 Å². The molecule has 0 radical (unpaired) electrons. The third-order valence-corrected chi connectivity index (χ3v) is 3.70. The van der Waals surface area contributed by atoms with Gasteiger partial charge in [0, 0.05) is 13.3 Å². The smallest absolute Gasteiger partial charge is 0.384 e. The van der Waals surface area contributed by atoms with Crippen LogP contribution < -0.4 is 10.6 Å². The van der Waals surface area contributed by atoms with Crippen LogP contribution >= 0.6 is 12.4 Å². The highest BCUT2D eigenvalue weighted by Crippen LogP contribution is 2.31. The molecule has 0 aliphatic carbocycles. The average Bonchev–Trinajstić information content (AvgIpc) is 2.85. The van der Waals surface area contributed by atoms with Gasteiger partial charge in [0.05, 0.1) is 23.9 Å². The summed E-state index contributed by atoms with van der Waals surface area (Å²) < 4.78 is 42.8. The predicted molar refractivity (Wildman–Crippen MR) is 80.6 cm³/mol. The number of carbonyl (C=O) groups excluding carboxylic acids is 1. The van der Waals surface area contributed by atoms with Gasteiger partial charge in [0.25, 0.3) is 0 Å². The van der Waals surface area contributed by atoms with E-state index in [2.05, 4.69) is 15.7 Å². The first-order valence-corrected chi connectivity index (χ1v) is 6.95. The van der Waals surface area contributed by atoms with E-state index in [1.54, 1.807) is 0 Å². The molecule has 1 saturated heterocycles. The van der Waals surface area contributed by atoms with E-state index in [1.165, 1.54) is 19.5 Å². The highest BCUT2D eigenvalue weighted by atomic mass is 35.5. The van der Waals surface area contributed by atoms with Crippen molar-refractivity contribution in [1.29, 1.82) is 0 Å². The van der Waals surface area contributed by atoms with Crippen LogP contribution in [0.1, 0.15) is 12.8 Å². The third-order valence-electron chi connectivity index (χ3n) is 3.70. The normalized spacial score (nSPS) is 17.4. The predicted octanol–water partition coefficient (Wildman–Crippen LogP) is 1.82. The Hall–Kier alpha value is -1.32. The second-order valence-electron chi connectivity index (χ2n) is 5.46. The summed E-state index contributed by atoms with van der Waals surface area (Å²) in [4.78, 5) is 12.5. The van der Waals surface area contributed by atoms with E-state index in [1.807, 2.05) is 0 Å². The zero-order valence-corrected chi connectivity index (χ0v) is 13.5. The quantitative estimate of drug-likeness (QED) is 0.844. The first kappa shape index (κ1) is 19.7. The molecule has 0 atom stereocenters. The van der Waals surface area contributed by atoms with Gasteiger partial charge >= 0.3 is 6.18 Å². The molecule has 2 rings (SSSR count). The molecule has 0 saturated carbocycles. The molecule has 1 aromatic heterocycles. The van der Waals surface area contributed by atoms with Crippen LogP contribution in [0.15, 0.2) is 12.4 Å². The maximum atomic E-state index is 12.5. The summed E-state index contributed by atoms with van der Waals surface area (Å²) in [7, 11) is 1.53. The molecule has 0 spiro atoms. The maximum Gasteiger partial charge on any atom is 0.408 e. The van der Waals surface area contributed by atoms with E-state index in [0.29, 0.717) is 25.9 Å². The molecule has 0 bridgehead atoms. The molecule has 1 aliphatic rings. The van der Waals surface area contributed by atoms with Crippen molar-refractivity contribution in [2.75, 3.05) is 32.1 Å². The number of carbonyl (C=O) groups is 1. The largest absolute Gasteiger partial charge is 0.408 e. The van der Waals surface area contributed by atoms with Crippen molar-refractivity contribution in [2.24, 2.45) is 5.41 Å². The van der Waals surface area contributed by atoms with Crippen LogP contribution in [-0.4, -0.2) is 48.7 Å². The van der Waals surface area contributed by atoms with Crippen LogP contribution in [0.4, 0.5) is 18.9 Å². The van der Waals surface area contributed by atoms with Gasteiger partial charge in [-0.3, -0.25) is 9.48 Å². The lowest BCUT2D eigenvalue weighted by Gasteiger charge is -2.35. The number of anilines is 1. The van der Waals surface area contributed by atoms with Crippen LogP contribution in [0.3, 0.4) is 0 Å².